The fourth-order valence-corrected chi connectivity index (χ4v) is 3.46. The maximum absolute atomic E-state index is 12.8. The number of para-hydroxylation sites is 1. The molecule has 0 bridgehead atoms. The molecule has 0 saturated carbocycles. The van der Waals surface area contributed by atoms with Crippen molar-refractivity contribution in [2.75, 3.05) is 18.5 Å². The number of benzene rings is 1. The van der Waals surface area contributed by atoms with E-state index in [1.54, 1.807) is 0 Å². The van der Waals surface area contributed by atoms with Crippen LogP contribution in [0.1, 0.15) is 85.5 Å². The molecule has 0 heterocycles. The van der Waals surface area contributed by atoms with Gasteiger partial charge in [0.05, 0.1) is 19.6 Å². The number of anilines is 1. The predicted octanol–water partition coefficient (Wildman–Crippen LogP) is 6.38. The quantitative estimate of drug-likeness (QED) is 0.289. The van der Waals surface area contributed by atoms with Crippen LogP contribution < -0.4 is 5.32 Å². The topological polar surface area (TPSA) is 64.6 Å². The highest BCUT2D eigenvalue weighted by atomic mass is 16.5. The molecule has 2 unspecified atom stereocenters. The van der Waals surface area contributed by atoms with Gasteiger partial charge in [-0.3, -0.25) is 4.79 Å². The highest BCUT2D eigenvalue weighted by Gasteiger charge is 2.25. The summed E-state index contributed by atoms with van der Waals surface area (Å²) in [6, 6.07) is 8.68. The number of rotatable bonds is 17. The molecule has 176 valence electrons. The van der Waals surface area contributed by atoms with Gasteiger partial charge in [0.15, 0.2) is 0 Å². The third-order valence-corrected chi connectivity index (χ3v) is 5.80. The van der Waals surface area contributed by atoms with Crippen molar-refractivity contribution < 1.29 is 19.1 Å². The molecule has 0 saturated heterocycles. The van der Waals surface area contributed by atoms with Gasteiger partial charge in [-0.05, 0) is 36.8 Å². The number of unbranched alkanes of at least 4 members (excludes halogenated alkanes) is 2. The molecule has 0 amide bonds. The van der Waals surface area contributed by atoms with Crippen LogP contribution in [0.15, 0.2) is 30.3 Å². The van der Waals surface area contributed by atoms with E-state index >= 15 is 0 Å². The number of carbonyl (C=O) groups excluding carboxylic acids is 2. The van der Waals surface area contributed by atoms with E-state index in [0.717, 1.165) is 57.1 Å². The van der Waals surface area contributed by atoms with Gasteiger partial charge >= 0.3 is 11.9 Å². The van der Waals surface area contributed by atoms with Gasteiger partial charge in [-0.25, -0.2) is 4.79 Å². The highest BCUT2D eigenvalue weighted by molar-refractivity contribution is 5.85. The van der Waals surface area contributed by atoms with Crippen LogP contribution in [0, 0.1) is 11.8 Å². The molecule has 0 aliphatic heterocycles. The van der Waals surface area contributed by atoms with Crippen molar-refractivity contribution in [3.05, 3.63) is 30.3 Å². The van der Waals surface area contributed by atoms with Crippen LogP contribution in [0.4, 0.5) is 5.69 Å². The number of esters is 2. The van der Waals surface area contributed by atoms with Gasteiger partial charge in [-0.15, -0.1) is 0 Å². The second-order valence-electron chi connectivity index (χ2n) is 8.41. The van der Waals surface area contributed by atoms with Crippen LogP contribution in [-0.2, 0) is 19.1 Å². The molecule has 1 N–H and O–H groups in total. The van der Waals surface area contributed by atoms with E-state index in [2.05, 4.69) is 33.0 Å². The standard InChI is InChI=1S/C26H43NO4/c1-5-9-14-21(7-3)19-30-25(28)18-24(27-23-16-12-11-13-17-23)26(29)31-20-22(8-4)15-10-6-2/h11-13,16-17,21-22,24,27H,5-10,14-15,18-20H2,1-4H3/t21?,22?,24-/m0/s1. The summed E-state index contributed by atoms with van der Waals surface area (Å²) in [6.45, 7) is 9.37. The normalized spacial score (nSPS) is 13.8. The van der Waals surface area contributed by atoms with E-state index in [4.69, 9.17) is 9.47 Å². The Morgan fingerprint density at radius 1 is 0.839 bits per heavy atom. The minimum atomic E-state index is -0.755. The van der Waals surface area contributed by atoms with E-state index < -0.39 is 12.0 Å². The molecule has 1 rings (SSSR count). The summed E-state index contributed by atoms with van der Waals surface area (Å²) in [5.74, 6) is -0.0236. The van der Waals surface area contributed by atoms with Crippen molar-refractivity contribution in [1.82, 2.24) is 0 Å². The largest absolute Gasteiger partial charge is 0.465 e. The van der Waals surface area contributed by atoms with Crippen molar-refractivity contribution >= 4 is 17.6 Å². The molecule has 0 aliphatic carbocycles. The summed E-state index contributed by atoms with van der Waals surface area (Å²) in [6.07, 6.45) is 8.56. The molecular weight excluding hydrogens is 390 g/mol. The molecule has 3 atom stereocenters. The molecule has 5 nitrogen and oxygen atoms in total. The van der Waals surface area contributed by atoms with E-state index in [1.165, 1.54) is 0 Å². The number of ether oxygens (including phenoxy) is 2. The Hall–Kier alpha value is -2.04. The average molecular weight is 434 g/mol. The Balaban J connectivity index is 2.68. The molecule has 0 spiro atoms. The maximum Gasteiger partial charge on any atom is 0.329 e. The van der Waals surface area contributed by atoms with Gasteiger partial charge in [-0.1, -0.05) is 84.4 Å². The van der Waals surface area contributed by atoms with E-state index in [0.29, 0.717) is 25.0 Å². The Bertz CT molecular complexity index is 605. The first-order chi connectivity index (χ1) is 15.0. The number of carbonyl (C=O) groups is 2. The molecule has 0 radical (unpaired) electrons. The zero-order valence-electron chi connectivity index (χ0n) is 20.0. The summed E-state index contributed by atoms with van der Waals surface area (Å²) >= 11 is 0. The van der Waals surface area contributed by atoms with Crippen molar-refractivity contribution in [1.29, 1.82) is 0 Å². The average Bonchev–Trinajstić information content (AvgIpc) is 2.79. The van der Waals surface area contributed by atoms with E-state index in [-0.39, 0.29) is 12.4 Å². The molecule has 0 fully saturated rings. The van der Waals surface area contributed by atoms with Crippen LogP contribution in [-0.4, -0.2) is 31.2 Å². The second-order valence-corrected chi connectivity index (χ2v) is 8.41. The van der Waals surface area contributed by atoms with Crippen molar-refractivity contribution in [3.63, 3.8) is 0 Å². The summed E-state index contributed by atoms with van der Waals surface area (Å²) in [7, 11) is 0. The van der Waals surface area contributed by atoms with Crippen LogP contribution in [0.5, 0.6) is 0 Å². The smallest absolute Gasteiger partial charge is 0.329 e. The highest BCUT2D eigenvalue weighted by Crippen LogP contribution is 2.17. The van der Waals surface area contributed by atoms with Gasteiger partial charge < -0.3 is 14.8 Å². The fourth-order valence-electron chi connectivity index (χ4n) is 3.46. The second kappa shape index (κ2) is 16.6. The fraction of sp³-hybridized carbons (Fsp3) is 0.692. The van der Waals surface area contributed by atoms with Crippen LogP contribution in [0.2, 0.25) is 0 Å². The molecular formula is C26H43NO4. The molecule has 0 aromatic heterocycles. The van der Waals surface area contributed by atoms with Gasteiger partial charge in [0.1, 0.15) is 6.04 Å². The third-order valence-electron chi connectivity index (χ3n) is 5.80. The van der Waals surface area contributed by atoms with E-state index in [1.807, 2.05) is 30.3 Å². The number of nitrogens with one attached hydrogen (secondary N) is 1. The Labute approximate surface area is 189 Å². The van der Waals surface area contributed by atoms with Gasteiger partial charge in [0, 0.05) is 5.69 Å². The Morgan fingerprint density at radius 3 is 1.90 bits per heavy atom. The lowest BCUT2D eigenvalue weighted by molar-refractivity contribution is -0.152. The monoisotopic (exact) mass is 433 g/mol. The summed E-state index contributed by atoms with van der Waals surface area (Å²) in [5.41, 5.74) is 0.782. The van der Waals surface area contributed by atoms with Gasteiger partial charge in [0.2, 0.25) is 0 Å². The SMILES string of the molecule is CCCCC(CC)COC(=O)C[C@H](Nc1ccccc1)C(=O)OCC(CC)CCCC. The summed E-state index contributed by atoms with van der Waals surface area (Å²) in [5, 5.41) is 3.16. The maximum atomic E-state index is 12.8. The first-order valence-corrected chi connectivity index (χ1v) is 12.2. The minimum Gasteiger partial charge on any atom is -0.465 e. The number of hydrogen-bond acceptors (Lipinski definition) is 5. The lowest BCUT2D eigenvalue weighted by atomic mass is 10.0. The molecule has 0 aliphatic rings. The molecule has 31 heavy (non-hydrogen) atoms. The number of hydrogen-bond donors (Lipinski definition) is 1. The van der Waals surface area contributed by atoms with E-state index in [9.17, 15) is 9.59 Å². The first kappa shape index (κ1) is 27.0. The molecule has 1 aromatic carbocycles. The summed E-state index contributed by atoms with van der Waals surface area (Å²) in [4.78, 5) is 25.3. The molecule has 1 aromatic rings. The van der Waals surface area contributed by atoms with Crippen LogP contribution in [0.25, 0.3) is 0 Å². The van der Waals surface area contributed by atoms with Crippen molar-refractivity contribution in [2.24, 2.45) is 11.8 Å². The van der Waals surface area contributed by atoms with Crippen LogP contribution >= 0.6 is 0 Å². The Kier molecular flexibility index (Phi) is 14.5. The third kappa shape index (κ3) is 11.8. The first-order valence-electron chi connectivity index (χ1n) is 12.2. The van der Waals surface area contributed by atoms with Crippen LogP contribution in [0.3, 0.4) is 0 Å². The van der Waals surface area contributed by atoms with Gasteiger partial charge in [-0.2, -0.15) is 0 Å². The molecule has 5 heteroatoms. The lowest BCUT2D eigenvalue weighted by Gasteiger charge is -2.21. The minimum absolute atomic E-state index is 0.0380. The lowest BCUT2D eigenvalue weighted by Crippen LogP contribution is -2.35. The zero-order chi connectivity index (χ0) is 22.9. The zero-order valence-corrected chi connectivity index (χ0v) is 20.0. The summed E-state index contributed by atoms with van der Waals surface area (Å²) < 4.78 is 11.1. The predicted molar refractivity (Wildman–Crippen MR) is 127 cm³/mol. The van der Waals surface area contributed by atoms with Crippen molar-refractivity contribution in [3.8, 4) is 0 Å². The van der Waals surface area contributed by atoms with Gasteiger partial charge in [0.25, 0.3) is 0 Å². The Morgan fingerprint density at radius 2 is 1.39 bits per heavy atom. The van der Waals surface area contributed by atoms with Crippen molar-refractivity contribution in [2.45, 2.75) is 91.5 Å².